The second-order valence-electron chi connectivity index (χ2n) is 13.5. The molecule has 8 nitrogen and oxygen atoms in total. The molecule has 1 saturated heterocycles. The Labute approximate surface area is 283 Å². The van der Waals surface area contributed by atoms with Gasteiger partial charge in [-0.3, -0.25) is 24.1 Å². The van der Waals surface area contributed by atoms with Crippen molar-refractivity contribution in [3.05, 3.63) is 143 Å². The average Bonchev–Trinajstić information content (AvgIpc) is 3.71. The quantitative estimate of drug-likeness (QED) is 0.198. The van der Waals surface area contributed by atoms with E-state index in [0.717, 1.165) is 11.1 Å². The molecule has 0 spiro atoms. The number of furan rings is 1. The van der Waals surface area contributed by atoms with Crippen molar-refractivity contribution in [2.24, 2.45) is 23.7 Å². The summed E-state index contributed by atoms with van der Waals surface area (Å²) in [7, 11) is 0. The second kappa shape index (κ2) is 12.0. The van der Waals surface area contributed by atoms with Crippen LogP contribution in [0.1, 0.15) is 47.0 Å². The number of hydrogen-bond acceptors (Lipinski definition) is 7. The predicted octanol–water partition coefficient (Wildman–Crippen LogP) is 5.54. The van der Waals surface area contributed by atoms with Crippen LogP contribution in [0.25, 0.3) is 5.57 Å². The monoisotopic (exact) mass is 653 g/mol. The number of amides is 2. The van der Waals surface area contributed by atoms with Crippen LogP contribution in [0.4, 0.5) is 0 Å². The first-order valence-corrected chi connectivity index (χ1v) is 16.8. The number of benzene rings is 3. The van der Waals surface area contributed by atoms with Gasteiger partial charge in [-0.2, -0.15) is 0 Å². The molecule has 6 atom stereocenters. The summed E-state index contributed by atoms with van der Waals surface area (Å²) in [4.78, 5) is 59.4. The van der Waals surface area contributed by atoms with Crippen LogP contribution in [-0.2, 0) is 37.6 Å². The lowest BCUT2D eigenvalue weighted by molar-refractivity contribution is -0.140. The molecule has 8 rings (SSSR count). The number of carbonyl (C=O) groups is 4. The fraction of sp³-hybridized carbons (Fsp3) is 0.268. The van der Waals surface area contributed by atoms with Gasteiger partial charge in [-0.25, -0.2) is 0 Å². The molecule has 1 saturated carbocycles. The number of aliphatic hydroxyl groups is 1. The summed E-state index contributed by atoms with van der Waals surface area (Å²) in [5.74, 6) is -3.35. The zero-order valence-corrected chi connectivity index (χ0v) is 26.7. The number of hydrogen-bond donors (Lipinski definition) is 2. The van der Waals surface area contributed by atoms with Crippen LogP contribution in [-0.4, -0.2) is 45.0 Å². The van der Waals surface area contributed by atoms with Gasteiger partial charge in [0.2, 0.25) is 11.8 Å². The second-order valence-corrected chi connectivity index (χ2v) is 13.5. The van der Waals surface area contributed by atoms with E-state index in [1.807, 2.05) is 66.7 Å². The number of aliphatic hydroxyl groups excluding tert-OH is 1. The molecule has 0 bridgehead atoms. The number of Topliss-reactive ketones (excluding diaryl/α,β-unsaturated/α-hetero) is 1. The summed E-state index contributed by atoms with van der Waals surface area (Å²) < 4.78 is 6.23. The van der Waals surface area contributed by atoms with Gasteiger partial charge >= 0.3 is 0 Å². The van der Waals surface area contributed by atoms with E-state index in [1.165, 1.54) is 11.0 Å². The molecule has 2 heterocycles. The minimum atomic E-state index is -1.37. The van der Waals surface area contributed by atoms with E-state index >= 15 is 0 Å². The van der Waals surface area contributed by atoms with Gasteiger partial charge in [0.1, 0.15) is 23.9 Å². The van der Waals surface area contributed by atoms with E-state index in [4.69, 9.17) is 4.42 Å². The van der Waals surface area contributed by atoms with Crippen molar-refractivity contribution in [2.45, 2.75) is 37.2 Å². The topological polar surface area (TPSA) is 125 Å². The van der Waals surface area contributed by atoms with Crippen LogP contribution in [0.2, 0.25) is 0 Å². The fourth-order valence-electron chi connectivity index (χ4n) is 9.01. The lowest BCUT2D eigenvalue weighted by Crippen LogP contribution is -2.58. The molecule has 4 aromatic rings. The Bertz CT molecular complexity index is 2030. The Morgan fingerprint density at radius 1 is 0.816 bits per heavy atom. The molecular formula is C41H35NO7. The van der Waals surface area contributed by atoms with E-state index in [0.29, 0.717) is 41.1 Å². The number of phenols is 1. The van der Waals surface area contributed by atoms with Gasteiger partial charge in [0.25, 0.3) is 0 Å². The van der Waals surface area contributed by atoms with E-state index < -0.39 is 35.0 Å². The van der Waals surface area contributed by atoms with Crippen molar-refractivity contribution < 1.29 is 33.8 Å². The molecular weight excluding hydrogens is 618 g/mol. The van der Waals surface area contributed by atoms with Crippen molar-refractivity contribution >= 4 is 29.0 Å². The molecule has 2 fully saturated rings. The summed E-state index contributed by atoms with van der Waals surface area (Å²) in [5.41, 5.74) is 2.00. The number of nitrogens with zero attached hydrogens (tertiary/aromatic N) is 1. The van der Waals surface area contributed by atoms with E-state index in [-0.39, 0.29) is 48.7 Å². The number of ketones is 2. The highest BCUT2D eigenvalue weighted by Crippen LogP contribution is 2.63. The first-order valence-electron chi connectivity index (χ1n) is 16.8. The third-order valence-electron chi connectivity index (χ3n) is 11.1. The van der Waals surface area contributed by atoms with Gasteiger partial charge in [0, 0.05) is 18.0 Å². The molecule has 49 heavy (non-hydrogen) atoms. The van der Waals surface area contributed by atoms with Gasteiger partial charge in [-0.15, -0.1) is 0 Å². The van der Waals surface area contributed by atoms with Crippen molar-refractivity contribution in [3.63, 3.8) is 0 Å². The highest BCUT2D eigenvalue weighted by molar-refractivity contribution is 6.31. The largest absolute Gasteiger partial charge is 0.508 e. The molecule has 0 radical (unpaired) electrons. The SMILES string of the molecule is O=C1C(c2ccccc2)=CC(=O)[C@@]2(c3ccccc3)[C@@H](c3ccc(CO)o3)C3=CC[C@@H]4C(=O)N(CCc5ccc(O)cc5)C(=O)[C@@H]4[C@@H]3C[C@@H]12. The fourth-order valence-corrected chi connectivity index (χ4v) is 9.01. The third kappa shape index (κ3) is 4.76. The maximum Gasteiger partial charge on any atom is 0.233 e. The highest BCUT2D eigenvalue weighted by atomic mass is 16.4. The zero-order valence-electron chi connectivity index (χ0n) is 26.7. The Balaban J connectivity index is 1.27. The standard InChI is InChI=1S/C41H35NO7/c43-23-28-15-18-34(49-28)37-29-16-17-30-36(40(48)42(39(30)47)20-19-24-11-13-27(44)14-12-24)32(29)21-33-38(46)31(25-7-3-1-4-8-25)22-35(45)41(33,37)26-9-5-2-6-10-26/h1-16,18,22,30,32-33,36-37,43-44H,17,19-21,23H2/t30-,32+,33-,36-,37+,41-/m0/s1. The van der Waals surface area contributed by atoms with Gasteiger partial charge in [0.15, 0.2) is 11.6 Å². The number of aromatic hydroxyl groups is 1. The smallest absolute Gasteiger partial charge is 0.233 e. The van der Waals surface area contributed by atoms with Crippen molar-refractivity contribution in [3.8, 4) is 5.75 Å². The number of imide groups is 1. The summed E-state index contributed by atoms with van der Waals surface area (Å²) in [6.07, 6.45) is 4.46. The number of phenolic OH excluding ortho intramolecular Hbond substituents is 1. The molecule has 246 valence electrons. The van der Waals surface area contributed by atoms with Gasteiger partial charge in [-0.05, 0) is 72.2 Å². The van der Waals surface area contributed by atoms with E-state index in [1.54, 1.807) is 36.4 Å². The first-order chi connectivity index (χ1) is 23.8. The number of carbonyl (C=O) groups excluding carboxylic acids is 4. The molecule has 2 amide bonds. The molecule has 2 N–H and O–H groups in total. The molecule has 3 aromatic carbocycles. The molecule has 0 unspecified atom stereocenters. The van der Waals surface area contributed by atoms with Crippen molar-refractivity contribution in [2.75, 3.05) is 6.54 Å². The normalized spacial score (nSPS) is 27.7. The molecule has 1 aromatic heterocycles. The first kappa shape index (κ1) is 31.0. The minimum Gasteiger partial charge on any atom is -0.508 e. The summed E-state index contributed by atoms with van der Waals surface area (Å²) in [6, 6.07) is 28.6. The number of fused-ring (bicyclic) bond motifs is 4. The maximum atomic E-state index is 15.0. The van der Waals surface area contributed by atoms with Crippen LogP contribution in [0, 0.1) is 23.7 Å². The molecule has 8 heteroatoms. The molecule has 4 aliphatic rings. The lowest BCUT2D eigenvalue weighted by Gasteiger charge is -2.54. The van der Waals surface area contributed by atoms with Crippen LogP contribution < -0.4 is 0 Å². The summed E-state index contributed by atoms with van der Waals surface area (Å²) >= 11 is 0. The number of likely N-dealkylation sites (tertiary alicyclic amines) is 1. The van der Waals surface area contributed by atoms with Crippen LogP contribution >= 0.6 is 0 Å². The minimum absolute atomic E-state index is 0.142. The van der Waals surface area contributed by atoms with E-state index in [2.05, 4.69) is 0 Å². The lowest BCUT2D eigenvalue weighted by atomic mass is 9.45. The Hall–Kier alpha value is -5.34. The Morgan fingerprint density at radius 2 is 1.53 bits per heavy atom. The third-order valence-corrected chi connectivity index (χ3v) is 11.1. The molecule has 1 aliphatic heterocycles. The van der Waals surface area contributed by atoms with Crippen LogP contribution in [0.3, 0.4) is 0 Å². The van der Waals surface area contributed by atoms with Crippen molar-refractivity contribution in [1.82, 2.24) is 4.90 Å². The highest BCUT2D eigenvalue weighted by Gasteiger charge is 2.66. The maximum absolute atomic E-state index is 15.0. The molecule has 3 aliphatic carbocycles. The number of allylic oxidation sites excluding steroid dienone is 4. The number of rotatable bonds is 7. The zero-order chi connectivity index (χ0) is 33.9. The van der Waals surface area contributed by atoms with Gasteiger partial charge < -0.3 is 14.6 Å². The van der Waals surface area contributed by atoms with Crippen molar-refractivity contribution in [1.29, 1.82) is 0 Å². The average molecular weight is 654 g/mol. The summed E-state index contributed by atoms with van der Waals surface area (Å²) in [5, 5.41) is 19.7. The van der Waals surface area contributed by atoms with Gasteiger partial charge in [-0.1, -0.05) is 84.4 Å². The van der Waals surface area contributed by atoms with Gasteiger partial charge in [0.05, 0.1) is 23.2 Å². The van der Waals surface area contributed by atoms with E-state index in [9.17, 15) is 29.4 Å². The Kier molecular flexibility index (Phi) is 7.56. The summed E-state index contributed by atoms with van der Waals surface area (Å²) in [6.45, 7) is -0.135. The Morgan fingerprint density at radius 3 is 2.22 bits per heavy atom. The van der Waals surface area contributed by atoms with Crippen LogP contribution in [0.15, 0.2) is 119 Å². The van der Waals surface area contributed by atoms with Crippen LogP contribution in [0.5, 0.6) is 5.75 Å². The predicted molar refractivity (Wildman–Crippen MR) is 180 cm³/mol.